The van der Waals surface area contributed by atoms with Crippen molar-refractivity contribution in [2.75, 3.05) is 26.1 Å². The summed E-state index contributed by atoms with van der Waals surface area (Å²) in [7, 11) is 3.04. The van der Waals surface area contributed by atoms with Gasteiger partial charge in [-0.05, 0) is 51.1 Å². The summed E-state index contributed by atoms with van der Waals surface area (Å²) >= 11 is 0. The van der Waals surface area contributed by atoms with Crippen LogP contribution in [0.4, 0.5) is 10.1 Å². The number of benzene rings is 2. The third kappa shape index (κ3) is 6.04. The summed E-state index contributed by atoms with van der Waals surface area (Å²) in [6.07, 6.45) is 6.17. The number of nitrogens with one attached hydrogen (secondary N) is 1. The van der Waals surface area contributed by atoms with Gasteiger partial charge in [0.25, 0.3) is 5.91 Å². The zero-order valence-corrected chi connectivity index (χ0v) is 24.2. The van der Waals surface area contributed by atoms with Crippen molar-refractivity contribution in [1.82, 2.24) is 19.7 Å². The first-order chi connectivity index (χ1) is 20.6. The van der Waals surface area contributed by atoms with Crippen LogP contribution in [0.1, 0.15) is 36.8 Å². The average Bonchev–Trinajstić information content (AvgIpc) is 3.41. The summed E-state index contributed by atoms with van der Waals surface area (Å²) in [4.78, 5) is 21.7. The molecule has 5 rings (SSSR count). The van der Waals surface area contributed by atoms with E-state index in [0.29, 0.717) is 39.4 Å². The highest BCUT2D eigenvalue weighted by Gasteiger charge is 2.25. The zero-order chi connectivity index (χ0) is 30.7. The summed E-state index contributed by atoms with van der Waals surface area (Å²) in [5.74, 6) is 0.155. The van der Waals surface area contributed by atoms with Crippen LogP contribution in [0.25, 0.3) is 16.6 Å². The number of ether oxygens (including phenoxy) is 4. The van der Waals surface area contributed by atoms with Crippen LogP contribution in [0.3, 0.4) is 0 Å². The van der Waals surface area contributed by atoms with E-state index in [1.807, 2.05) is 0 Å². The van der Waals surface area contributed by atoms with Crippen molar-refractivity contribution in [3.63, 3.8) is 0 Å². The number of hydrogen-bond donors (Lipinski definition) is 2. The number of rotatable bonds is 10. The number of halogens is 1. The van der Waals surface area contributed by atoms with Crippen LogP contribution in [0.2, 0.25) is 0 Å². The summed E-state index contributed by atoms with van der Waals surface area (Å²) in [5, 5.41) is 18.3. The van der Waals surface area contributed by atoms with Crippen molar-refractivity contribution < 1.29 is 33.2 Å². The van der Waals surface area contributed by atoms with Gasteiger partial charge in [-0.15, -0.1) is 0 Å². The van der Waals surface area contributed by atoms with Gasteiger partial charge < -0.3 is 29.4 Å². The van der Waals surface area contributed by atoms with Crippen LogP contribution in [0, 0.1) is 5.82 Å². The maximum absolute atomic E-state index is 15.2. The minimum Gasteiger partial charge on any atom is -0.493 e. The molecule has 3 aromatic heterocycles. The van der Waals surface area contributed by atoms with Crippen molar-refractivity contribution in [3.05, 3.63) is 84.3 Å². The fourth-order valence-corrected chi connectivity index (χ4v) is 4.49. The molecule has 2 N–H and O–H groups in total. The Balaban J connectivity index is 1.40. The number of nitrogens with zero attached hydrogens (tertiary/aromatic N) is 4. The third-order valence-electron chi connectivity index (χ3n) is 6.52. The first-order valence-electron chi connectivity index (χ1n) is 13.3. The highest BCUT2D eigenvalue weighted by Crippen LogP contribution is 2.37. The van der Waals surface area contributed by atoms with Gasteiger partial charge in [0.1, 0.15) is 5.75 Å². The second-order valence-corrected chi connectivity index (χ2v) is 9.91. The Morgan fingerprint density at radius 1 is 1.00 bits per heavy atom. The maximum atomic E-state index is 15.2. The Morgan fingerprint density at radius 3 is 2.47 bits per heavy atom. The van der Waals surface area contributed by atoms with Gasteiger partial charge in [-0.25, -0.2) is 9.07 Å². The predicted molar refractivity (Wildman–Crippen MR) is 157 cm³/mol. The molecular weight excluding hydrogens is 557 g/mol. The number of aromatic nitrogens is 4. The molecule has 0 aliphatic heterocycles. The number of carbonyl (C=O) groups is 1. The fourth-order valence-electron chi connectivity index (χ4n) is 4.49. The molecule has 0 bridgehead atoms. The molecule has 3 heterocycles. The summed E-state index contributed by atoms with van der Waals surface area (Å²) in [5.41, 5.74) is 0.558. The minimum atomic E-state index is -1.19. The number of amides is 1. The van der Waals surface area contributed by atoms with E-state index in [-0.39, 0.29) is 29.5 Å². The van der Waals surface area contributed by atoms with Gasteiger partial charge in [0.2, 0.25) is 0 Å². The number of aliphatic hydroxyl groups is 1. The Kier molecular flexibility index (Phi) is 8.13. The van der Waals surface area contributed by atoms with E-state index < -0.39 is 17.3 Å². The van der Waals surface area contributed by atoms with E-state index >= 15 is 4.39 Å². The Morgan fingerprint density at radius 2 is 1.77 bits per heavy atom. The number of hydrogen-bond acceptors (Lipinski definition) is 9. The standard InChI is InChI=1S/C31H30FN5O6/c1-6-42-28-17-37(23-16-33-11-9-20(23)31(2,3)39)36-29(28)30(38)35-18-7-8-25(21(32)13-18)43-24-10-12-34-22-15-27(41-5)26(40-4)14-19(22)24/h7-17,39H,6H2,1-5H3,(H,35,38). The molecule has 222 valence electrons. The molecular formula is C31H30FN5O6. The first-order valence-corrected chi connectivity index (χ1v) is 13.3. The summed E-state index contributed by atoms with van der Waals surface area (Å²) in [6.45, 7) is 5.33. The average molecular weight is 588 g/mol. The number of methoxy groups -OCH3 is 2. The highest BCUT2D eigenvalue weighted by atomic mass is 19.1. The van der Waals surface area contributed by atoms with Crippen molar-refractivity contribution in [3.8, 4) is 34.4 Å². The Hall–Kier alpha value is -5.23. The van der Waals surface area contributed by atoms with Gasteiger partial charge in [-0.3, -0.25) is 14.8 Å². The van der Waals surface area contributed by atoms with E-state index in [2.05, 4.69) is 20.4 Å². The lowest BCUT2D eigenvalue weighted by Gasteiger charge is -2.20. The molecule has 0 atom stereocenters. The van der Waals surface area contributed by atoms with Crippen LogP contribution in [-0.4, -0.2) is 51.6 Å². The smallest absolute Gasteiger partial charge is 0.280 e. The molecule has 0 saturated carbocycles. The lowest BCUT2D eigenvalue weighted by Crippen LogP contribution is -2.19. The van der Waals surface area contributed by atoms with Gasteiger partial charge >= 0.3 is 0 Å². The van der Waals surface area contributed by atoms with Crippen molar-refractivity contribution in [2.45, 2.75) is 26.4 Å². The predicted octanol–water partition coefficient (Wildman–Crippen LogP) is 5.64. The van der Waals surface area contributed by atoms with E-state index in [0.717, 1.165) is 6.07 Å². The van der Waals surface area contributed by atoms with Gasteiger partial charge in [0, 0.05) is 41.2 Å². The zero-order valence-electron chi connectivity index (χ0n) is 24.2. The molecule has 11 nitrogen and oxygen atoms in total. The Labute approximate surface area is 246 Å². The molecule has 2 aromatic carbocycles. The molecule has 0 radical (unpaired) electrons. The molecule has 0 fully saturated rings. The van der Waals surface area contributed by atoms with Gasteiger partial charge in [0.05, 0.1) is 50.0 Å². The fraction of sp³-hybridized carbons (Fsp3) is 0.226. The number of carbonyl (C=O) groups excluding carboxylic acids is 1. The van der Waals surface area contributed by atoms with Crippen LogP contribution in [0.5, 0.6) is 28.7 Å². The number of fused-ring (bicyclic) bond motifs is 1. The minimum absolute atomic E-state index is 0.0271. The summed E-state index contributed by atoms with van der Waals surface area (Å²) in [6, 6.07) is 10.7. The van der Waals surface area contributed by atoms with Gasteiger partial charge in [0.15, 0.2) is 34.5 Å². The van der Waals surface area contributed by atoms with Crippen LogP contribution in [0.15, 0.2) is 67.3 Å². The number of pyridine rings is 2. The molecule has 43 heavy (non-hydrogen) atoms. The second-order valence-electron chi connectivity index (χ2n) is 9.91. The molecule has 0 saturated heterocycles. The first kappa shape index (κ1) is 29.3. The van der Waals surface area contributed by atoms with E-state index in [4.69, 9.17) is 18.9 Å². The molecule has 0 unspecified atom stereocenters. The molecule has 1 amide bonds. The monoisotopic (exact) mass is 587 g/mol. The largest absolute Gasteiger partial charge is 0.493 e. The highest BCUT2D eigenvalue weighted by molar-refractivity contribution is 6.04. The summed E-state index contributed by atoms with van der Waals surface area (Å²) < 4.78 is 38.9. The Bertz CT molecular complexity index is 1800. The van der Waals surface area contributed by atoms with Crippen LogP contribution in [-0.2, 0) is 5.60 Å². The lowest BCUT2D eigenvalue weighted by molar-refractivity contribution is 0.0783. The van der Waals surface area contributed by atoms with E-state index in [9.17, 15) is 9.90 Å². The molecule has 0 aliphatic carbocycles. The van der Waals surface area contributed by atoms with Crippen molar-refractivity contribution in [1.29, 1.82) is 0 Å². The molecule has 0 spiro atoms. The normalized spacial score (nSPS) is 11.3. The lowest BCUT2D eigenvalue weighted by atomic mass is 9.98. The quantitative estimate of drug-likeness (QED) is 0.213. The SMILES string of the molecule is CCOc1cn(-c2cnccc2C(C)(C)O)nc1C(=O)Nc1ccc(Oc2ccnc3cc(OC)c(OC)cc23)c(F)c1. The van der Waals surface area contributed by atoms with Crippen LogP contribution < -0.4 is 24.3 Å². The molecule has 5 aromatic rings. The molecule has 12 heteroatoms. The number of anilines is 1. The second kappa shape index (κ2) is 11.9. The van der Waals surface area contributed by atoms with Crippen molar-refractivity contribution >= 4 is 22.5 Å². The van der Waals surface area contributed by atoms with E-state index in [1.165, 1.54) is 43.4 Å². The van der Waals surface area contributed by atoms with Crippen molar-refractivity contribution in [2.24, 2.45) is 0 Å². The molecule has 0 aliphatic rings. The van der Waals surface area contributed by atoms with Gasteiger partial charge in [-0.2, -0.15) is 5.10 Å². The third-order valence-corrected chi connectivity index (χ3v) is 6.52. The van der Waals surface area contributed by atoms with Crippen LogP contribution >= 0.6 is 0 Å². The van der Waals surface area contributed by atoms with Gasteiger partial charge in [-0.1, -0.05) is 0 Å². The maximum Gasteiger partial charge on any atom is 0.280 e. The topological polar surface area (TPSA) is 130 Å². The van der Waals surface area contributed by atoms with E-state index in [1.54, 1.807) is 57.4 Å².